The Hall–Kier alpha value is -1.18. The van der Waals surface area contributed by atoms with Crippen molar-refractivity contribution in [3.05, 3.63) is 63.6 Å². The van der Waals surface area contributed by atoms with Gasteiger partial charge in [0.1, 0.15) is 12.4 Å². The lowest BCUT2D eigenvalue weighted by molar-refractivity contribution is 0.297. The van der Waals surface area contributed by atoms with E-state index in [4.69, 9.17) is 27.9 Å². The average Bonchev–Trinajstić information content (AvgIpc) is 2.40. The molecule has 2 aromatic rings. The lowest BCUT2D eigenvalue weighted by atomic mass is 9.86. The van der Waals surface area contributed by atoms with Gasteiger partial charge in [-0.15, -0.1) is 0 Å². The van der Waals surface area contributed by atoms with Crippen LogP contribution in [0.3, 0.4) is 0 Å². The Labute approximate surface area is 130 Å². The molecule has 0 aliphatic rings. The third-order valence-electron chi connectivity index (χ3n) is 3.11. The van der Waals surface area contributed by atoms with Crippen molar-refractivity contribution in [3.63, 3.8) is 0 Å². The number of halogens is 2. The number of ether oxygens (including phenoxy) is 1. The summed E-state index contributed by atoms with van der Waals surface area (Å²) in [6.45, 7) is 6.91. The maximum atomic E-state index is 6.18. The third kappa shape index (κ3) is 3.47. The highest BCUT2D eigenvalue weighted by Crippen LogP contribution is 2.32. The van der Waals surface area contributed by atoms with Crippen LogP contribution in [-0.2, 0) is 12.0 Å². The van der Waals surface area contributed by atoms with Crippen molar-refractivity contribution in [1.82, 2.24) is 0 Å². The molecule has 0 fully saturated rings. The van der Waals surface area contributed by atoms with Gasteiger partial charge >= 0.3 is 0 Å². The standard InChI is InChI=1S/C17H18Cl2O/c1-17(2,3)13-8-4-5-10-15(13)20-11-12-7-6-9-14(18)16(12)19/h4-10H,11H2,1-3H3. The van der Waals surface area contributed by atoms with Gasteiger partial charge in [-0.3, -0.25) is 0 Å². The molecule has 0 radical (unpaired) electrons. The summed E-state index contributed by atoms with van der Waals surface area (Å²) >= 11 is 12.2. The Kier molecular flexibility index (Phi) is 4.62. The highest BCUT2D eigenvalue weighted by Gasteiger charge is 2.18. The quantitative estimate of drug-likeness (QED) is 0.689. The molecule has 0 atom stereocenters. The second kappa shape index (κ2) is 6.07. The van der Waals surface area contributed by atoms with Crippen LogP contribution in [0.15, 0.2) is 42.5 Å². The molecule has 0 heterocycles. The molecule has 20 heavy (non-hydrogen) atoms. The molecule has 0 saturated heterocycles. The van der Waals surface area contributed by atoms with E-state index in [0.717, 1.165) is 11.3 Å². The molecule has 2 aromatic carbocycles. The molecule has 0 aliphatic heterocycles. The van der Waals surface area contributed by atoms with E-state index in [0.29, 0.717) is 16.7 Å². The Morgan fingerprint density at radius 2 is 1.65 bits per heavy atom. The van der Waals surface area contributed by atoms with Crippen molar-refractivity contribution in [2.75, 3.05) is 0 Å². The molecule has 0 spiro atoms. The van der Waals surface area contributed by atoms with Gasteiger partial charge in [0.15, 0.2) is 0 Å². The highest BCUT2D eigenvalue weighted by molar-refractivity contribution is 6.42. The number of rotatable bonds is 3. The van der Waals surface area contributed by atoms with Crippen LogP contribution in [-0.4, -0.2) is 0 Å². The monoisotopic (exact) mass is 308 g/mol. The molecule has 0 aliphatic carbocycles. The summed E-state index contributed by atoms with van der Waals surface area (Å²) in [7, 11) is 0. The molecule has 1 nitrogen and oxygen atoms in total. The van der Waals surface area contributed by atoms with Gasteiger partial charge in [-0.2, -0.15) is 0 Å². The largest absolute Gasteiger partial charge is 0.489 e. The summed E-state index contributed by atoms with van der Waals surface area (Å²) in [6.07, 6.45) is 0. The van der Waals surface area contributed by atoms with Gasteiger partial charge < -0.3 is 4.74 Å². The zero-order chi connectivity index (χ0) is 14.8. The zero-order valence-electron chi connectivity index (χ0n) is 11.9. The highest BCUT2D eigenvalue weighted by atomic mass is 35.5. The normalized spacial score (nSPS) is 11.4. The molecule has 0 saturated carbocycles. The summed E-state index contributed by atoms with van der Waals surface area (Å²) in [5, 5.41) is 1.11. The van der Waals surface area contributed by atoms with Crippen LogP contribution in [0.4, 0.5) is 0 Å². The van der Waals surface area contributed by atoms with E-state index < -0.39 is 0 Å². The minimum absolute atomic E-state index is 0.0364. The van der Waals surface area contributed by atoms with Crippen LogP contribution in [0.25, 0.3) is 0 Å². The first-order chi connectivity index (χ1) is 9.39. The van der Waals surface area contributed by atoms with E-state index in [1.807, 2.05) is 30.3 Å². The molecular formula is C17H18Cl2O. The first-order valence-electron chi connectivity index (χ1n) is 6.55. The summed E-state index contributed by atoms with van der Waals surface area (Å²) in [5.41, 5.74) is 2.11. The molecule has 0 N–H and O–H groups in total. The fraction of sp³-hybridized carbons (Fsp3) is 0.294. The third-order valence-corrected chi connectivity index (χ3v) is 3.97. The molecule has 0 aromatic heterocycles. The maximum absolute atomic E-state index is 6.18. The predicted molar refractivity (Wildman–Crippen MR) is 85.9 cm³/mol. The lowest BCUT2D eigenvalue weighted by Crippen LogP contribution is -2.13. The molecule has 0 unspecified atom stereocenters. The van der Waals surface area contributed by atoms with Crippen LogP contribution in [0, 0.1) is 0 Å². The zero-order valence-corrected chi connectivity index (χ0v) is 13.4. The first-order valence-corrected chi connectivity index (χ1v) is 7.30. The van der Waals surface area contributed by atoms with Gasteiger partial charge in [0, 0.05) is 5.56 Å². The van der Waals surface area contributed by atoms with Crippen LogP contribution >= 0.6 is 23.2 Å². The Morgan fingerprint density at radius 1 is 0.950 bits per heavy atom. The van der Waals surface area contributed by atoms with Crippen molar-refractivity contribution in [3.8, 4) is 5.75 Å². The number of hydrogen-bond acceptors (Lipinski definition) is 1. The van der Waals surface area contributed by atoms with E-state index in [2.05, 4.69) is 26.8 Å². The van der Waals surface area contributed by atoms with E-state index in [1.165, 1.54) is 5.56 Å². The second-order valence-corrected chi connectivity index (χ2v) is 6.53. The van der Waals surface area contributed by atoms with Gasteiger partial charge in [0.2, 0.25) is 0 Å². The maximum Gasteiger partial charge on any atom is 0.123 e. The minimum Gasteiger partial charge on any atom is -0.489 e. The SMILES string of the molecule is CC(C)(C)c1ccccc1OCc1cccc(Cl)c1Cl. The van der Waals surface area contributed by atoms with Gasteiger partial charge in [0.05, 0.1) is 10.0 Å². The second-order valence-electron chi connectivity index (χ2n) is 5.75. The smallest absolute Gasteiger partial charge is 0.123 e. The Morgan fingerprint density at radius 3 is 2.35 bits per heavy atom. The molecular weight excluding hydrogens is 291 g/mol. The van der Waals surface area contributed by atoms with Gasteiger partial charge in [0.25, 0.3) is 0 Å². The molecule has 2 rings (SSSR count). The molecule has 0 amide bonds. The van der Waals surface area contributed by atoms with Crippen LogP contribution in [0.2, 0.25) is 10.0 Å². The lowest BCUT2D eigenvalue weighted by Gasteiger charge is -2.22. The van der Waals surface area contributed by atoms with Crippen molar-refractivity contribution in [1.29, 1.82) is 0 Å². The van der Waals surface area contributed by atoms with Crippen LogP contribution < -0.4 is 4.74 Å². The fourth-order valence-corrected chi connectivity index (χ4v) is 2.40. The summed E-state index contributed by atoms with van der Waals surface area (Å²) in [5.74, 6) is 0.885. The van der Waals surface area contributed by atoms with Gasteiger partial charge in [-0.1, -0.05) is 74.3 Å². The number of para-hydroxylation sites is 1. The van der Waals surface area contributed by atoms with Crippen LogP contribution in [0.1, 0.15) is 31.9 Å². The summed E-state index contributed by atoms with van der Waals surface area (Å²) in [4.78, 5) is 0. The van der Waals surface area contributed by atoms with Crippen molar-refractivity contribution in [2.24, 2.45) is 0 Å². The topological polar surface area (TPSA) is 9.23 Å². The van der Waals surface area contributed by atoms with Crippen molar-refractivity contribution >= 4 is 23.2 Å². The van der Waals surface area contributed by atoms with Gasteiger partial charge in [-0.05, 0) is 23.1 Å². The fourth-order valence-electron chi connectivity index (χ4n) is 2.03. The first kappa shape index (κ1) is 15.2. The van der Waals surface area contributed by atoms with Gasteiger partial charge in [-0.25, -0.2) is 0 Å². The predicted octanol–water partition coefficient (Wildman–Crippen LogP) is 5.87. The Balaban J connectivity index is 2.22. The van der Waals surface area contributed by atoms with Crippen molar-refractivity contribution < 1.29 is 4.74 Å². The summed E-state index contributed by atoms with van der Waals surface area (Å²) < 4.78 is 5.94. The number of benzene rings is 2. The van der Waals surface area contributed by atoms with E-state index in [1.54, 1.807) is 6.07 Å². The van der Waals surface area contributed by atoms with E-state index in [9.17, 15) is 0 Å². The average molecular weight is 309 g/mol. The molecule has 106 valence electrons. The van der Waals surface area contributed by atoms with E-state index in [-0.39, 0.29) is 5.41 Å². The summed E-state index contributed by atoms with van der Waals surface area (Å²) in [6, 6.07) is 13.7. The molecule has 0 bridgehead atoms. The number of hydrogen-bond donors (Lipinski definition) is 0. The Bertz CT molecular complexity index is 600. The minimum atomic E-state index is 0.0364. The van der Waals surface area contributed by atoms with Crippen molar-refractivity contribution in [2.45, 2.75) is 32.8 Å². The molecule has 3 heteroatoms. The van der Waals surface area contributed by atoms with E-state index >= 15 is 0 Å². The van der Waals surface area contributed by atoms with Crippen LogP contribution in [0.5, 0.6) is 5.75 Å².